The van der Waals surface area contributed by atoms with Crippen molar-refractivity contribution >= 4 is 6.29 Å². The zero-order chi connectivity index (χ0) is 7.66. The number of rotatable bonds is 5. The van der Waals surface area contributed by atoms with Crippen LogP contribution in [0.5, 0.6) is 0 Å². The first kappa shape index (κ1) is 9.15. The highest BCUT2D eigenvalue weighted by Crippen LogP contribution is 1.88. The molecule has 0 aromatic rings. The Balaban J connectivity index is 3.17. The van der Waals surface area contributed by atoms with Gasteiger partial charge in [0.2, 0.25) is 0 Å². The Morgan fingerprint density at radius 1 is 1.00 bits per heavy atom. The average Bonchev–Trinajstić information content (AvgIpc) is 1.97. The lowest BCUT2D eigenvalue weighted by Gasteiger charge is -1.79. The molecule has 0 atom stereocenters. The Kier molecular flexibility index (Phi) is 7.46. The number of hydrogen-bond acceptors (Lipinski definition) is 1. The number of allylic oxidation sites excluding steroid dienone is 4. The van der Waals surface area contributed by atoms with Crippen LogP contribution >= 0.6 is 0 Å². The summed E-state index contributed by atoms with van der Waals surface area (Å²) in [7, 11) is 0. The van der Waals surface area contributed by atoms with Crippen LogP contribution in [-0.2, 0) is 4.79 Å². The summed E-state index contributed by atoms with van der Waals surface area (Å²) in [6.07, 6.45) is 11.6. The molecule has 10 heavy (non-hydrogen) atoms. The van der Waals surface area contributed by atoms with Crippen LogP contribution in [0.4, 0.5) is 0 Å². The Hall–Kier alpha value is -0.850. The van der Waals surface area contributed by atoms with Gasteiger partial charge in [-0.05, 0) is 12.8 Å². The van der Waals surface area contributed by atoms with Crippen LogP contribution in [-0.4, -0.2) is 6.29 Å². The molecule has 0 aliphatic carbocycles. The van der Waals surface area contributed by atoms with E-state index in [1.807, 2.05) is 12.2 Å². The molecule has 0 fully saturated rings. The molecule has 0 aromatic carbocycles. The van der Waals surface area contributed by atoms with Gasteiger partial charge in [-0.1, -0.05) is 31.2 Å². The molecule has 0 heterocycles. The van der Waals surface area contributed by atoms with E-state index in [2.05, 4.69) is 19.1 Å². The van der Waals surface area contributed by atoms with Crippen LogP contribution in [0, 0.1) is 0 Å². The fraction of sp³-hybridized carbons (Fsp3) is 0.444. The molecule has 0 saturated heterocycles. The first-order valence-corrected chi connectivity index (χ1v) is 3.65. The highest BCUT2D eigenvalue weighted by atomic mass is 16.1. The van der Waals surface area contributed by atoms with Gasteiger partial charge in [0.05, 0.1) is 0 Å². The highest BCUT2D eigenvalue weighted by molar-refractivity contribution is 5.51. The summed E-state index contributed by atoms with van der Waals surface area (Å²) in [4.78, 5) is 9.82. The van der Waals surface area contributed by atoms with E-state index in [0.717, 1.165) is 19.1 Å². The van der Waals surface area contributed by atoms with Crippen molar-refractivity contribution in [2.24, 2.45) is 0 Å². The van der Waals surface area contributed by atoms with Crippen molar-refractivity contribution in [3.05, 3.63) is 24.3 Å². The van der Waals surface area contributed by atoms with Crippen molar-refractivity contribution in [3.63, 3.8) is 0 Å². The van der Waals surface area contributed by atoms with Gasteiger partial charge in [0.25, 0.3) is 0 Å². The molecule has 1 nitrogen and oxygen atoms in total. The molecular weight excluding hydrogens is 124 g/mol. The lowest BCUT2D eigenvalue weighted by atomic mass is 10.3. The SMILES string of the molecule is CCC=CC/C=C/CC=O. The minimum absolute atomic E-state index is 0.542. The van der Waals surface area contributed by atoms with E-state index in [1.54, 1.807) is 0 Å². The predicted molar refractivity (Wildman–Crippen MR) is 43.9 cm³/mol. The summed E-state index contributed by atoms with van der Waals surface area (Å²) in [6.45, 7) is 2.10. The second-order valence-corrected chi connectivity index (χ2v) is 1.99. The molecular formula is C9H14O. The molecule has 0 aliphatic heterocycles. The van der Waals surface area contributed by atoms with Gasteiger partial charge in [0.1, 0.15) is 6.29 Å². The smallest absolute Gasteiger partial charge is 0.123 e. The van der Waals surface area contributed by atoms with E-state index >= 15 is 0 Å². The summed E-state index contributed by atoms with van der Waals surface area (Å²) in [5.41, 5.74) is 0. The van der Waals surface area contributed by atoms with E-state index < -0.39 is 0 Å². The van der Waals surface area contributed by atoms with E-state index in [0.29, 0.717) is 6.42 Å². The zero-order valence-electron chi connectivity index (χ0n) is 6.42. The van der Waals surface area contributed by atoms with Gasteiger partial charge in [-0.3, -0.25) is 0 Å². The Labute approximate surface area is 62.4 Å². The lowest BCUT2D eigenvalue weighted by Crippen LogP contribution is -1.65. The maximum Gasteiger partial charge on any atom is 0.123 e. The largest absolute Gasteiger partial charge is 0.303 e. The monoisotopic (exact) mass is 138 g/mol. The van der Waals surface area contributed by atoms with Crippen LogP contribution in [0.3, 0.4) is 0 Å². The summed E-state index contributed by atoms with van der Waals surface area (Å²) >= 11 is 0. The van der Waals surface area contributed by atoms with Crippen LogP contribution in [0.15, 0.2) is 24.3 Å². The molecule has 0 bridgehead atoms. The predicted octanol–water partition coefficient (Wildman–Crippen LogP) is 2.49. The van der Waals surface area contributed by atoms with Crippen LogP contribution < -0.4 is 0 Å². The Morgan fingerprint density at radius 2 is 1.60 bits per heavy atom. The van der Waals surface area contributed by atoms with E-state index in [-0.39, 0.29) is 0 Å². The first-order valence-electron chi connectivity index (χ1n) is 3.65. The van der Waals surface area contributed by atoms with Crippen LogP contribution in [0.25, 0.3) is 0 Å². The molecule has 0 amide bonds. The molecule has 1 heteroatoms. The molecule has 0 saturated carbocycles. The second-order valence-electron chi connectivity index (χ2n) is 1.99. The third-order valence-corrected chi connectivity index (χ3v) is 1.07. The van der Waals surface area contributed by atoms with Gasteiger partial charge >= 0.3 is 0 Å². The van der Waals surface area contributed by atoms with Crippen LogP contribution in [0.1, 0.15) is 26.2 Å². The summed E-state index contributed by atoms with van der Waals surface area (Å²) in [5.74, 6) is 0. The van der Waals surface area contributed by atoms with Crippen molar-refractivity contribution in [2.45, 2.75) is 26.2 Å². The van der Waals surface area contributed by atoms with Gasteiger partial charge in [-0.25, -0.2) is 0 Å². The van der Waals surface area contributed by atoms with Gasteiger partial charge in [-0.15, -0.1) is 0 Å². The number of carbonyl (C=O) groups excluding carboxylic acids is 1. The van der Waals surface area contributed by atoms with Crippen molar-refractivity contribution in [1.82, 2.24) is 0 Å². The maximum absolute atomic E-state index is 9.82. The summed E-state index contributed by atoms with van der Waals surface area (Å²) in [5, 5.41) is 0. The zero-order valence-corrected chi connectivity index (χ0v) is 6.42. The van der Waals surface area contributed by atoms with E-state index in [9.17, 15) is 4.79 Å². The van der Waals surface area contributed by atoms with E-state index in [1.165, 1.54) is 0 Å². The lowest BCUT2D eigenvalue weighted by molar-refractivity contribution is -0.107. The molecule has 0 N–H and O–H groups in total. The molecule has 56 valence electrons. The molecule has 0 aliphatic rings. The topological polar surface area (TPSA) is 17.1 Å². The fourth-order valence-corrected chi connectivity index (χ4v) is 0.589. The van der Waals surface area contributed by atoms with Crippen molar-refractivity contribution in [3.8, 4) is 0 Å². The first-order chi connectivity index (χ1) is 4.91. The molecule has 0 spiro atoms. The third kappa shape index (κ3) is 7.15. The van der Waals surface area contributed by atoms with Gasteiger partial charge in [0.15, 0.2) is 0 Å². The number of hydrogen-bond donors (Lipinski definition) is 0. The van der Waals surface area contributed by atoms with Crippen molar-refractivity contribution in [1.29, 1.82) is 0 Å². The summed E-state index contributed by atoms with van der Waals surface area (Å²) < 4.78 is 0. The third-order valence-electron chi connectivity index (χ3n) is 1.07. The Morgan fingerprint density at radius 3 is 2.20 bits per heavy atom. The molecule has 0 unspecified atom stereocenters. The molecule has 0 radical (unpaired) electrons. The van der Waals surface area contributed by atoms with Crippen LogP contribution in [0.2, 0.25) is 0 Å². The average molecular weight is 138 g/mol. The fourth-order valence-electron chi connectivity index (χ4n) is 0.589. The molecule has 0 rings (SSSR count). The molecule has 0 aromatic heterocycles. The quantitative estimate of drug-likeness (QED) is 0.421. The number of carbonyl (C=O) groups is 1. The number of aldehydes is 1. The minimum atomic E-state index is 0.542. The Bertz CT molecular complexity index is 123. The van der Waals surface area contributed by atoms with Gasteiger partial charge in [0, 0.05) is 6.42 Å². The van der Waals surface area contributed by atoms with Gasteiger partial charge in [-0.2, -0.15) is 0 Å². The van der Waals surface area contributed by atoms with Crippen molar-refractivity contribution in [2.75, 3.05) is 0 Å². The standard InChI is InChI=1S/C9H14O/c1-2-3-4-5-6-7-8-9-10/h3-4,6-7,9H,2,5,8H2,1H3/b4-3?,7-6+. The van der Waals surface area contributed by atoms with Crippen molar-refractivity contribution < 1.29 is 4.79 Å². The summed E-state index contributed by atoms with van der Waals surface area (Å²) in [6, 6.07) is 0. The van der Waals surface area contributed by atoms with Gasteiger partial charge < -0.3 is 4.79 Å². The second kappa shape index (κ2) is 8.15. The normalized spacial score (nSPS) is 11.3. The minimum Gasteiger partial charge on any atom is -0.303 e. The maximum atomic E-state index is 9.82. The van der Waals surface area contributed by atoms with E-state index in [4.69, 9.17) is 0 Å². The highest BCUT2D eigenvalue weighted by Gasteiger charge is 1.71.